The number of allylic oxidation sites excluding steroid dienone is 1. The molecule has 4 nitrogen and oxygen atoms in total. The topological polar surface area (TPSA) is 58.2 Å². The minimum absolute atomic E-state index is 0.0282. The van der Waals surface area contributed by atoms with Crippen LogP contribution < -0.4 is 10.6 Å². The van der Waals surface area contributed by atoms with Crippen molar-refractivity contribution in [1.82, 2.24) is 10.6 Å². The number of thioether (sulfide) groups is 1. The first-order valence-electron chi connectivity index (χ1n) is 7.13. The summed E-state index contributed by atoms with van der Waals surface area (Å²) in [7, 11) is 0. The van der Waals surface area contributed by atoms with Crippen LogP contribution in [0.5, 0.6) is 0 Å². The van der Waals surface area contributed by atoms with Gasteiger partial charge in [0.25, 0.3) is 0 Å². The Labute approximate surface area is 144 Å². The molecule has 1 unspecified atom stereocenters. The second-order valence-corrected chi connectivity index (χ2v) is 7.45. The van der Waals surface area contributed by atoms with Crippen molar-refractivity contribution in [3.8, 4) is 0 Å². The van der Waals surface area contributed by atoms with Gasteiger partial charge in [-0.1, -0.05) is 6.07 Å². The summed E-state index contributed by atoms with van der Waals surface area (Å²) in [5.41, 5.74) is 3.64. The molecule has 0 spiro atoms. The van der Waals surface area contributed by atoms with Crippen LogP contribution in [-0.2, 0) is 9.59 Å². The van der Waals surface area contributed by atoms with Gasteiger partial charge in [-0.05, 0) is 33.6 Å². The van der Waals surface area contributed by atoms with Crippen LogP contribution >= 0.6 is 27.7 Å². The van der Waals surface area contributed by atoms with E-state index in [-0.39, 0.29) is 17.5 Å². The predicted molar refractivity (Wildman–Crippen MR) is 89.4 cm³/mol. The molecule has 1 aromatic carbocycles. The van der Waals surface area contributed by atoms with Gasteiger partial charge < -0.3 is 10.6 Å². The number of hydrogen-bond donors (Lipinski definition) is 2. The molecule has 3 aliphatic rings. The van der Waals surface area contributed by atoms with Gasteiger partial charge in [0.15, 0.2) is 5.78 Å². The molecule has 118 valence electrons. The van der Waals surface area contributed by atoms with E-state index in [0.29, 0.717) is 33.7 Å². The van der Waals surface area contributed by atoms with Gasteiger partial charge in [-0.15, -0.1) is 11.8 Å². The molecule has 0 fully saturated rings. The number of ketones is 1. The standard InChI is InChI=1S/C16H12BrFN2O2S/c17-8-3-7(1-2-9(8)18)13-14-11(5-23-6-12(14)21)20-10-4-19-16(22)15(10)13/h1-3,13,20H,4-6H2,(H,19,22). The van der Waals surface area contributed by atoms with Crippen molar-refractivity contribution in [3.63, 3.8) is 0 Å². The fourth-order valence-corrected chi connectivity index (χ4v) is 4.54. The Morgan fingerprint density at radius 1 is 1.17 bits per heavy atom. The number of halogens is 2. The molecule has 0 aliphatic carbocycles. The number of carbonyl (C=O) groups is 2. The van der Waals surface area contributed by atoms with Crippen LogP contribution in [0.2, 0.25) is 0 Å². The molecule has 0 radical (unpaired) electrons. The molecule has 23 heavy (non-hydrogen) atoms. The molecule has 0 saturated carbocycles. The fourth-order valence-electron chi connectivity index (χ4n) is 3.27. The van der Waals surface area contributed by atoms with Crippen LogP contribution in [0, 0.1) is 5.82 Å². The number of nitrogens with one attached hydrogen (secondary N) is 2. The van der Waals surface area contributed by atoms with Crippen molar-refractivity contribution in [3.05, 3.63) is 56.6 Å². The lowest BCUT2D eigenvalue weighted by molar-refractivity contribution is -0.116. The van der Waals surface area contributed by atoms with E-state index in [0.717, 1.165) is 17.0 Å². The minimum atomic E-state index is -0.436. The van der Waals surface area contributed by atoms with E-state index in [9.17, 15) is 14.0 Å². The van der Waals surface area contributed by atoms with Crippen LogP contribution in [0.3, 0.4) is 0 Å². The van der Waals surface area contributed by atoms with Crippen molar-refractivity contribution in [1.29, 1.82) is 0 Å². The second-order valence-electron chi connectivity index (χ2n) is 5.61. The lowest BCUT2D eigenvalue weighted by Gasteiger charge is -2.32. The van der Waals surface area contributed by atoms with Crippen molar-refractivity contribution in [2.45, 2.75) is 5.92 Å². The normalized spacial score (nSPS) is 23.5. The fraction of sp³-hybridized carbons (Fsp3) is 0.250. The van der Waals surface area contributed by atoms with E-state index in [1.54, 1.807) is 23.9 Å². The molecule has 7 heteroatoms. The lowest BCUT2D eigenvalue weighted by atomic mass is 9.79. The lowest BCUT2D eigenvalue weighted by Crippen LogP contribution is -2.34. The number of hydrogen-bond acceptors (Lipinski definition) is 4. The van der Waals surface area contributed by atoms with Crippen molar-refractivity contribution < 1.29 is 14.0 Å². The highest BCUT2D eigenvalue weighted by Gasteiger charge is 2.41. The van der Waals surface area contributed by atoms with Gasteiger partial charge in [-0.2, -0.15) is 0 Å². The monoisotopic (exact) mass is 394 g/mol. The molecular formula is C16H12BrFN2O2S. The number of rotatable bonds is 1. The van der Waals surface area contributed by atoms with Crippen LogP contribution in [-0.4, -0.2) is 29.7 Å². The molecule has 1 aromatic rings. The Morgan fingerprint density at radius 3 is 2.78 bits per heavy atom. The van der Waals surface area contributed by atoms with Gasteiger partial charge in [0.05, 0.1) is 22.3 Å². The minimum Gasteiger partial charge on any atom is -0.359 e. The largest absolute Gasteiger partial charge is 0.359 e. The third-order valence-electron chi connectivity index (χ3n) is 4.26. The summed E-state index contributed by atoms with van der Waals surface area (Å²) in [4.78, 5) is 24.8. The van der Waals surface area contributed by atoms with Crippen molar-refractivity contribution in [2.24, 2.45) is 0 Å². The van der Waals surface area contributed by atoms with Crippen molar-refractivity contribution in [2.75, 3.05) is 18.1 Å². The summed E-state index contributed by atoms with van der Waals surface area (Å²) >= 11 is 4.75. The van der Waals surface area contributed by atoms with E-state index in [2.05, 4.69) is 26.6 Å². The Balaban J connectivity index is 1.91. The van der Waals surface area contributed by atoms with Gasteiger partial charge in [0.2, 0.25) is 5.91 Å². The maximum Gasteiger partial charge on any atom is 0.250 e. The zero-order valence-corrected chi connectivity index (χ0v) is 14.3. The van der Waals surface area contributed by atoms with Gasteiger partial charge in [0.1, 0.15) is 5.82 Å². The van der Waals surface area contributed by atoms with E-state index >= 15 is 0 Å². The molecule has 4 rings (SSSR count). The summed E-state index contributed by atoms with van der Waals surface area (Å²) in [5, 5.41) is 6.06. The number of benzene rings is 1. The molecule has 0 saturated heterocycles. The molecular weight excluding hydrogens is 383 g/mol. The van der Waals surface area contributed by atoms with Crippen LogP contribution in [0.15, 0.2) is 45.2 Å². The highest BCUT2D eigenvalue weighted by Crippen LogP contribution is 2.43. The summed E-state index contributed by atoms with van der Waals surface area (Å²) in [6.07, 6.45) is 0. The average Bonchev–Trinajstić information content (AvgIpc) is 2.90. The van der Waals surface area contributed by atoms with Crippen LogP contribution in [0.25, 0.3) is 0 Å². The maximum absolute atomic E-state index is 13.6. The van der Waals surface area contributed by atoms with Gasteiger partial charge in [0, 0.05) is 28.6 Å². The zero-order chi connectivity index (χ0) is 16.1. The van der Waals surface area contributed by atoms with E-state index in [1.165, 1.54) is 6.07 Å². The summed E-state index contributed by atoms with van der Waals surface area (Å²) in [5.74, 6) is 0.173. The zero-order valence-electron chi connectivity index (χ0n) is 11.9. The third-order valence-corrected chi connectivity index (χ3v) is 5.82. The Bertz CT molecular complexity index is 818. The van der Waals surface area contributed by atoms with E-state index in [1.807, 2.05) is 0 Å². The van der Waals surface area contributed by atoms with E-state index in [4.69, 9.17) is 0 Å². The average molecular weight is 395 g/mol. The third kappa shape index (κ3) is 2.33. The first-order chi connectivity index (χ1) is 11.1. The molecule has 0 aromatic heterocycles. The first kappa shape index (κ1) is 15.0. The highest BCUT2D eigenvalue weighted by molar-refractivity contribution is 9.10. The van der Waals surface area contributed by atoms with Crippen LogP contribution in [0.4, 0.5) is 4.39 Å². The molecule has 1 atom stereocenters. The summed E-state index contributed by atoms with van der Waals surface area (Å²) in [6.45, 7) is 0.433. The molecule has 0 bridgehead atoms. The van der Waals surface area contributed by atoms with Crippen LogP contribution in [0.1, 0.15) is 11.5 Å². The number of dihydropyridines is 1. The number of amides is 1. The molecule has 3 aliphatic heterocycles. The highest BCUT2D eigenvalue weighted by atomic mass is 79.9. The Hall–Kier alpha value is -1.60. The molecule has 2 N–H and O–H groups in total. The number of Topliss-reactive ketones (excluding diaryl/α,β-unsaturated/α-hetero) is 1. The molecule has 1 amide bonds. The smallest absolute Gasteiger partial charge is 0.250 e. The summed E-state index contributed by atoms with van der Waals surface area (Å²) in [6, 6.07) is 4.66. The predicted octanol–water partition coefficient (Wildman–Crippen LogP) is 2.23. The Morgan fingerprint density at radius 2 is 2.00 bits per heavy atom. The maximum atomic E-state index is 13.6. The first-order valence-corrected chi connectivity index (χ1v) is 9.08. The van der Waals surface area contributed by atoms with Gasteiger partial charge in [-0.3, -0.25) is 9.59 Å². The van der Waals surface area contributed by atoms with Crippen molar-refractivity contribution >= 4 is 39.4 Å². The number of carbonyl (C=O) groups excluding carboxylic acids is 2. The van der Waals surface area contributed by atoms with Gasteiger partial charge >= 0.3 is 0 Å². The second kappa shape index (κ2) is 5.49. The Kier molecular flexibility index (Phi) is 3.57. The summed E-state index contributed by atoms with van der Waals surface area (Å²) < 4.78 is 13.9. The van der Waals surface area contributed by atoms with Gasteiger partial charge in [-0.25, -0.2) is 4.39 Å². The molecule has 3 heterocycles. The quantitative estimate of drug-likeness (QED) is 0.766. The van der Waals surface area contributed by atoms with E-state index < -0.39 is 5.92 Å². The SMILES string of the molecule is O=C1CSCC2=C1C(c1ccc(F)c(Br)c1)C1=C(CNC1=O)N2.